The molecule has 0 fully saturated rings. The van der Waals surface area contributed by atoms with Gasteiger partial charge in [0, 0.05) is 48.5 Å². The van der Waals surface area contributed by atoms with Gasteiger partial charge in [0.15, 0.2) is 0 Å². The molecule has 0 aliphatic heterocycles. The molecule has 0 aromatic heterocycles. The summed E-state index contributed by atoms with van der Waals surface area (Å²) in [5.41, 5.74) is 0. The minimum atomic E-state index is -5.14. The fourth-order valence-corrected chi connectivity index (χ4v) is 0.426. The Balaban J connectivity index is 0. The van der Waals surface area contributed by atoms with Crippen LogP contribution in [-0.2, 0) is 4.79 Å². The van der Waals surface area contributed by atoms with E-state index in [1.165, 1.54) is 0 Å². The van der Waals surface area contributed by atoms with Crippen LogP contribution in [0.5, 0.6) is 0 Å². The Labute approximate surface area is 185 Å². The van der Waals surface area contributed by atoms with Gasteiger partial charge in [0.2, 0.25) is 0 Å². The summed E-state index contributed by atoms with van der Waals surface area (Å²) < 4.78 is 243. The molecule has 0 aliphatic carbocycles. The third kappa shape index (κ3) is 20.9. The quantitative estimate of drug-likeness (QED) is 0.453. The van der Waals surface area contributed by atoms with E-state index in [-0.39, 0.29) is 29.6 Å². The average Bonchev–Trinajstić information content (AvgIpc) is 2.86. The molecular formula is C16H31NaO2. The molecule has 0 spiro atoms. The van der Waals surface area contributed by atoms with E-state index >= 15 is 0 Å². The van der Waals surface area contributed by atoms with Gasteiger partial charge in [0.25, 0.3) is 0 Å². The van der Waals surface area contributed by atoms with Gasteiger partial charge in [0.05, 0.1) is 0 Å². The molecular weight excluding hydrogens is 247 g/mol. The third-order valence-electron chi connectivity index (χ3n) is 0.915. The zero-order valence-corrected chi connectivity index (χ0v) is 11.8. The molecule has 108 valence electrons. The smallest absolute Gasteiger partial charge is 0.550 e. The van der Waals surface area contributed by atoms with Gasteiger partial charge in [-0.3, -0.25) is 0 Å². The van der Waals surface area contributed by atoms with Gasteiger partial charge in [-0.05, 0) is 12.7 Å². The van der Waals surface area contributed by atoms with Crippen LogP contribution >= 0.6 is 0 Å². The second-order valence-corrected chi connectivity index (χ2v) is 2.04. The van der Waals surface area contributed by atoms with E-state index in [1.54, 1.807) is 0 Å². The standard InChI is InChI=1S/C16H32O2.Na/c1-2-3-4-5-6-7-8-9-10-11-12-13-14-15-16(17)18;/h2-15H2,1H3,(H,17,18);/q;+1/p-1/i1D3,2D2,3D2,4D2,5D2,6D2,7D2,8D2,9D2,10D2,11D2,12D2,13D2,14D2,15D2;. The van der Waals surface area contributed by atoms with Crippen LogP contribution in [-0.4, -0.2) is 5.97 Å². The Morgan fingerprint density at radius 2 is 1.21 bits per heavy atom. The van der Waals surface area contributed by atoms with Crippen molar-refractivity contribution >= 4 is 5.97 Å². The molecule has 0 aromatic carbocycles. The topological polar surface area (TPSA) is 40.1 Å². The number of rotatable bonds is 14. The van der Waals surface area contributed by atoms with E-state index < -0.39 is 102 Å². The van der Waals surface area contributed by atoms with Gasteiger partial charge in [-0.2, -0.15) is 0 Å². The molecule has 0 atom stereocenters. The molecule has 0 saturated carbocycles. The Kier molecular flexibility index (Phi) is 2.75. The Hall–Kier alpha value is 0.470. The summed E-state index contributed by atoms with van der Waals surface area (Å²) in [4.78, 5) is 11.2. The summed E-state index contributed by atoms with van der Waals surface area (Å²) in [6.07, 6.45) is -68.6. The second kappa shape index (κ2) is 18.5. The fraction of sp³-hybridized carbons (Fsp3) is 0.938. The largest absolute Gasteiger partial charge is 1.00 e. The molecule has 0 amide bonds. The summed E-state index contributed by atoms with van der Waals surface area (Å²) >= 11 is 0. The van der Waals surface area contributed by atoms with Gasteiger partial charge in [-0.1, -0.05) is 83.3 Å². The first-order valence-electron chi connectivity index (χ1n) is 19.7. The van der Waals surface area contributed by atoms with Crippen molar-refractivity contribution in [2.45, 2.75) is 96.1 Å². The minimum Gasteiger partial charge on any atom is -0.550 e. The first-order chi connectivity index (χ1) is 20.4. The third-order valence-corrected chi connectivity index (χ3v) is 0.915. The second-order valence-electron chi connectivity index (χ2n) is 2.04. The predicted octanol–water partition coefficient (Wildman–Crippen LogP) is 1.22. The number of carboxylic acid groups (broad SMARTS) is 1. The normalized spacial score (nSPS) is 45.6. The van der Waals surface area contributed by atoms with Crippen molar-refractivity contribution in [2.24, 2.45) is 0 Å². The van der Waals surface area contributed by atoms with Crippen molar-refractivity contribution in [3.63, 3.8) is 0 Å². The maximum atomic E-state index is 11.2. The summed E-state index contributed by atoms with van der Waals surface area (Å²) in [6.45, 7) is -4.11. The van der Waals surface area contributed by atoms with Gasteiger partial charge >= 0.3 is 29.6 Å². The van der Waals surface area contributed by atoms with Gasteiger partial charge in [0.1, 0.15) is 0 Å². The van der Waals surface area contributed by atoms with Crippen molar-refractivity contribution in [2.75, 3.05) is 0 Å². The molecule has 0 heterocycles. The van der Waals surface area contributed by atoms with E-state index in [4.69, 9.17) is 42.5 Å². The van der Waals surface area contributed by atoms with E-state index in [0.717, 1.165) is 0 Å². The van der Waals surface area contributed by atoms with Crippen molar-refractivity contribution in [3.8, 4) is 0 Å². The summed E-state index contributed by atoms with van der Waals surface area (Å²) in [5.74, 6) is -3.02. The van der Waals surface area contributed by atoms with E-state index in [1.807, 2.05) is 0 Å². The maximum Gasteiger partial charge on any atom is 1.00 e. The molecule has 0 aliphatic rings. The maximum absolute atomic E-state index is 11.2. The Morgan fingerprint density at radius 3 is 1.58 bits per heavy atom. The molecule has 0 unspecified atom stereocenters. The first-order valence-corrected chi connectivity index (χ1v) is 4.16. The number of hydrogen-bond donors (Lipinski definition) is 0. The summed E-state index contributed by atoms with van der Waals surface area (Å²) in [7, 11) is 0. The van der Waals surface area contributed by atoms with Gasteiger partial charge in [-0.25, -0.2) is 0 Å². The number of carbonyl (C=O) groups is 1. The van der Waals surface area contributed by atoms with Crippen LogP contribution in [0, 0.1) is 0 Å². The molecule has 0 N–H and O–H groups in total. The van der Waals surface area contributed by atoms with Crippen LogP contribution in [0.15, 0.2) is 0 Å². The van der Waals surface area contributed by atoms with Gasteiger partial charge in [-0.15, -0.1) is 0 Å². The summed E-state index contributed by atoms with van der Waals surface area (Å²) in [5, 5.41) is 11.2. The van der Waals surface area contributed by atoms with Crippen LogP contribution in [0.2, 0.25) is 0 Å². The van der Waals surface area contributed by atoms with Crippen LogP contribution < -0.4 is 34.7 Å². The molecule has 0 saturated heterocycles. The SMILES string of the molecule is [2H]C([2H])([2H])C([2H])([2H])C([2H])([2H])C([2H])([2H])C([2H])([2H])C([2H])([2H])C([2H])([2H])C([2H])([2H])C([2H])([2H])C([2H])([2H])C([2H])([2H])C([2H])([2H])C([2H])([2H])C([2H])([2H])C([2H])([2H])C(=O)[O-].[Na+]. The molecule has 0 aromatic rings. The van der Waals surface area contributed by atoms with E-state index in [9.17, 15) is 9.90 Å². The molecule has 0 bridgehead atoms. The van der Waals surface area contributed by atoms with Crippen LogP contribution in [0.25, 0.3) is 0 Å². The van der Waals surface area contributed by atoms with Crippen molar-refractivity contribution < 1.29 is 82.0 Å². The van der Waals surface area contributed by atoms with Crippen LogP contribution in [0.1, 0.15) is 139 Å². The number of carboxylic acids is 1. The van der Waals surface area contributed by atoms with Gasteiger partial charge < -0.3 is 9.90 Å². The molecule has 0 radical (unpaired) electrons. The zero-order chi connectivity index (χ0) is 41.1. The number of aliphatic carboxylic acids is 1. The average molecular weight is 310 g/mol. The Morgan fingerprint density at radius 1 is 0.842 bits per heavy atom. The van der Waals surface area contributed by atoms with Crippen molar-refractivity contribution in [1.29, 1.82) is 0 Å². The van der Waals surface area contributed by atoms with Crippen molar-refractivity contribution in [3.05, 3.63) is 0 Å². The van der Waals surface area contributed by atoms with Crippen LogP contribution in [0.4, 0.5) is 0 Å². The minimum absolute atomic E-state index is 0. The summed E-state index contributed by atoms with van der Waals surface area (Å²) in [6, 6.07) is 0. The molecule has 2 nitrogen and oxygen atoms in total. The Bertz CT molecular complexity index is 1260. The monoisotopic (exact) mass is 309 g/mol. The predicted molar refractivity (Wildman–Crippen MR) is 75.3 cm³/mol. The fourth-order valence-electron chi connectivity index (χ4n) is 0.426. The zero-order valence-electron chi connectivity index (χ0n) is 40.8. The number of hydrogen-bond acceptors (Lipinski definition) is 2. The van der Waals surface area contributed by atoms with Crippen molar-refractivity contribution in [1.82, 2.24) is 0 Å². The molecule has 19 heavy (non-hydrogen) atoms. The number of carbonyl (C=O) groups excluding carboxylic acids is 1. The van der Waals surface area contributed by atoms with E-state index in [2.05, 4.69) is 0 Å². The van der Waals surface area contributed by atoms with E-state index in [0.29, 0.717) is 0 Å². The molecule has 0 rings (SSSR count). The van der Waals surface area contributed by atoms with Crippen LogP contribution in [0.3, 0.4) is 0 Å². The molecule has 3 heteroatoms. The first kappa shape index (κ1) is 2.83.